The van der Waals surface area contributed by atoms with Gasteiger partial charge in [-0.05, 0) is 25.3 Å². The van der Waals surface area contributed by atoms with E-state index in [0.29, 0.717) is 0 Å². The van der Waals surface area contributed by atoms with Crippen LogP contribution in [0.3, 0.4) is 0 Å². The minimum atomic E-state index is -0.981. The lowest BCUT2D eigenvalue weighted by atomic mass is 10.0. The minimum absolute atomic E-state index is 0.833. The van der Waals surface area contributed by atoms with Gasteiger partial charge >= 0.3 is 5.97 Å². The van der Waals surface area contributed by atoms with Crippen molar-refractivity contribution in [2.75, 3.05) is 19.6 Å². The summed E-state index contributed by atoms with van der Waals surface area (Å²) in [5.74, 6) is 0.238. The quantitative estimate of drug-likeness (QED) is 0.185. The van der Waals surface area contributed by atoms with Gasteiger partial charge in [-0.3, -0.25) is 4.99 Å². The summed E-state index contributed by atoms with van der Waals surface area (Å²) in [4.78, 5) is 16.3. The van der Waals surface area contributed by atoms with E-state index in [1.165, 1.54) is 102 Å². The second-order valence-electron chi connectivity index (χ2n) is 8.20. The Balaban J connectivity index is 0.00000150. The topological polar surface area (TPSA) is 52.9 Å². The van der Waals surface area contributed by atoms with Crippen molar-refractivity contribution in [2.24, 2.45) is 4.99 Å². The van der Waals surface area contributed by atoms with Crippen LogP contribution in [0, 0.1) is 0 Å². The van der Waals surface area contributed by atoms with Gasteiger partial charge in [-0.2, -0.15) is 0 Å². The third-order valence-corrected chi connectivity index (χ3v) is 5.38. The molecule has 0 unspecified atom stereocenters. The van der Waals surface area contributed by atoms with Crippen molar-refractivity contribution in [2.45, 2.75) is 110 Å². The molecule has 0 aliphatic carbocycles. The largest absolute Gasteiger partial charge is 0.478 e. The van der Waals surface area contributed by atoms with E-state index in [9.17, 15) is 4.79 Å². The van der Waals surface area contributed by atoms with Crippen LogP contribution in [0.15, 0.2) is 29.8 Å². The average Bonchev–Trinajstić information content (AvgIpc) is 3.18. The fourth-order valence-electron chi connectivity index (χ4n) is 3.62. The molecule has 0 spiro atoms. The van der Waals surface area contributed by atoms with Crippen LogP contribution in [-0.4, -0.2) is 41.4 Å². The maximum Gasteiger partial charge on any atom is 0.327 e. The smallest absolute Gasteiger partial charge is 0.327 e. The lowest BCUT2D eigenvalue weighted by Crippen LogP contribution is -2.26. The maximum absolute atomic E-state index is 9.25. The van der Waals surface area contributed by atoms with Gasteiger partial charge in [0.15, 0.2) is 0 Å². The SMILES string of the molecule is C=CC(=O)O.CCCCCCCCCCCCCCCC=CC1=NCCN1CCC. The van der Waals surface area contributed by atoms with Gasteiger partial charge in [0, 0.05) is 19.2 Å². The average molecular weight is 421 g/mol. The number of unbranched alkanes of at least 4 members (excludes halogenated alkanes) is 13. The van der Waals surface area contributed by atoms with E-state index >= 15 is 0 Å². The van der Waals surface area contributed by atoms with Crippen molar-refractivity contribution in [1.82, 2.24) is 4.90 Å². The number of carboxylic acid groups (broad SMARTS) is 1. The van der Waals surface area contributed by atoms with E-state index in [4.69, 9.17) is 5.11 Å². The second kappa shape index (κ2) is 22.1. The van der Waals surface area contributed by atoms with Crippen LogP contribution < -0.4 is 0 Å². The van der Waals surface area contributed by atoms with Crippen LogP contribution in [0.5, 0.6) is 0 Å². The van der Waals surface area contributed by atoms with Gasteiger partial charge in [-0.25, -0.2) is 4.79 Å². The Bertz CT molecular complexity index is 472. The van der Waals surface area contributed by atoms with Crippen molar-refractivity contribution < 1.29 is 9.90 Å². The normalized spacial score (nSPS) is 13.3. The molecule has 1 N–H and O–H groups in total. The molecule has 30 heavy (non-hydrogen) atoms. The van der Waals surface area contributed by atoms with Gasteiger partial charge in [-0.1, -0.05) is 104 Å². The highest BCUT2D eigenvalue weighted by Crippen LogP contribution is 2.13. The Morgan fingerprint density at radius 2 is 1.43 bits per heavy atom. The molecule has 0 amide bonds. The van der Waals surface area contributed by atoms with Gasteiger partial charge < -0.3 is 10.0 Å². The molecule has 174 valence electrons. The summed E-state index contributed by atoms with van der Waals surface area (Å²) in [6, 6.07) is 0. The number of hydrogen-bond acceptors (Lipinski definition) is 3. The minimum Gasteiger partial charge on any atom is -0.478 e. The van der Waals surface area contributed by atoms with Gasteiger partial charge in [0.05, 0.1) is 6.54 Å². The molecule has 0 saturated heterocycles. The molecule has 1 aliphatic rings. The number of nitrogens with zero attached hydrogens (tertiary/aromatic N) is 2. The van der Waals surface area contributed by atoms with Crippen molar-refractivity contribution in [3.63, 3.8) is 0 Å². The number of amidine groups is 1. The first-order chi connectivity index (χ1) is 14.7. The Kier molecular flexibility index (Phi) is 20.9. The van der Waals surface area contributed by atoms with Gasteiger partial charge in [0.25, 0.3) is 0 Å². The number of hydrogen-bond donors (Lipinski definition) is 1. The molecular weight excluding hydrogens is 372 g/mol. The van der Waals surface area contributed by atoms with Gasteiger partial charge in [0.2, 0.25) is 0 Å². The van der Waals surface area contributed by atoms with Crippen molar-refractivity contribution in [3.05, 3.63) is 24.8 Å². The molecule has 0 aromatic rings. The second-order valence-corrected chi connectivity index (χ2v) is 8.20. The Morgan fingerprint density at radius 1 is 0.933 bits per heavy atom. The molecule has 4 heteroatoms. The van der Waals surface area contributed by atoms with Crippen molar-refractivity contribution in [1.29, 1.82) is 0 Å². The first-order valence-electron chi connectivity index (χ1n) is 12.5. The number of aliphatic carboxylic acids is 1. The van der Waals surface area contributed by atoms with E-state index in [1.54, 1.807) is 0 Å². The predicted octanol–water partition coefficient (Wildman–Crippen LogP) is 7.41. The molecule has 0 bridgehead atoms. The van der Waals surface area contributed by atoms with Crippen LogP contribution in [-0.2, 0) is 4.79 Å². The summed E-state index contributed by atoms with van der Waals surface area (Å²) in [7, 11) is 0. The maximum atomic E-state index is 9.25. The van der Waals surface area contributed by atoms with Crippen LogP contribution in [0.2, 0.25) is 0 Å². The lowest BCUT2D eigenvalue weighted by Gasteiger charge is -2.16. The molecule has 0 radical (unpaired) electrons. The fraction of sp³-hybridized carbons (Fsp3) is 0.769. The molecule has 0 aromatic carbocycles. The van der Waals surface area contributed by atoms with Gasteiger partial charge in [0.1, 0.15) is 5.84 Å². The van der Waals surface area contributed by atoms with Crippen LogP contribution >= 0.6 is 0 Å². The zero-order chi connectivity index (χ0) is 22.3. The van der Waals surface area contributed by atoms with E-state index in [2.05, 4.69) is 42.5 Å². The molecule has 0 atom stereocenters. The van der Waals surface area contributed by atoms with E-state index in [1.807, 2.05) is 0 Å². The third-order valence-electron chi connectivity index (χ3n) is 5.38. The molecule has 1 rings (SSSR count). The molecule has 0 fully saturated rings. The Labute approximate surface area is 186 Å². The van der Waals surface area contributed by atoms with E-state index in [0.717, 1.165) is 25.7 Å². The molecule has 4 nitrogen and oxygen atoms in total. The van der Waals surface area contributed by atoms with Crippen molar-refractivity contribution >= 4 is 11.8 Å². The molecule has 0 saturated carbocycles. The van der Waals surface area contributed by atoms with Crippen LogP contribution in [0.25, 0.3) is 0 Å². The Morgan fingerprint density at radius 3 is 1.90 bits per heavy atom. The molecule has 0 aromatic heterocycles. The monoisotopic (exact) mass is 420 g/mol. The summed E-state index contributed by atoms with van der Waals surface area (Å²) in [5.41, 5.74) is 0. The number of carbonyl (C=O) groups is 1. The predicted molar refractivity (Wildman–Crippen MR) is 131 cm³/mol. The number of allylic oxidation sites excluding steroid dienone is 1. The van der Waals surface area contributed by atoms with E-state index < -0.39 is 5.97 Å². The summed E-state index contributed by atoms with van der Waals surface area (Å²) >= 11 is 0. The van der Waals surface area contributed by atoms with Crippen molar-refractivity contribution in [3.8, 4) is 0 Å². The zero-order valence-corrected chi connectivity index (χ0v) is 19.9. The standard InChI is InChI=1S/C23H44N2.C3H4O2/c1-3-5-6-7-8-9-10-11-12-13-14-15-16-17-18-19-23-24-20-22-25(23)21-4-2;1-2-3(4)5/h18-19H,3-17,20-22H2,1-2H3;2H,1H2,(H,4,5). The molecule has 1 heterocycles. The summed E-state index contributed by atoms with van der Waals surface area (Å²) in [6.45, 7) is 10.8. The highest BCUT2D eigenvalue weighted by molar-refractivity contribution is 5.94. The van der Waals surface area contributed by atoms with Gasteiger partial charge in [-0.15, -0.1) is 0 Å². The highest BCUT2D eigenvalue weighted by atomic mass is 16.4. The number of carboxylic acids is 1. The van der Waals surface area contributed by atoms with E-state index in [-0.39, 0.29) is 0 Å². The zero-order valence-electron chi connectivity index (χ0n) is 19.9. The number of rotatable bonds is 18. The summed E-state index contributed by atoms with van der Waals surface area (Å²) in [6.07, 6.45) is 26.5. The lowest BCUT2D eigenvalue weighted by molar-refractivity contribution is -0.131. The summed E-state index contributed by atoms with van der Waals surface area (Å²) in [5, 5.41) is 7.60. The Hall–Kier alpha value is -1.58. The fourth-order valence-corrected chi connectivity index (χ4v) is 3.62. The number of aliphatic imine (C=N–C) groups is 1. The van der Waals surface area contributed by atoms with Crippen LogP contribution in [0.4, 0.5) is 0 Å². The first-order valence-corrected chi connectivity index (χ1v) is 12.5. The first kappa shape index (κ1) is 28.4. The highest BCUT2D eigenvalue weighted by Gasteiger charge is 2.12. The van der Waals surface area contributed by atoms with Crippen LogP contribution in [0.1, 0.15) is 110 Å². The third kappa shape index (κ3) is 18.4. The molecule has 1 aliphatic heterocycles. The summed E-state index contributed by atoms with van der Waals surface area (Å²) < 4.78 is 0. The molecular formula is C26H48N2O2.